The smallest absolute Gasteiger partial charge is 0.166 e. The number of aromatic nitrogens is 2. The first-order valence-electron chi connectivity index (χ1n) is 8.96. The van der Waals surface area contributed by atoms with E-state index in [0.717, 1.165) is 42.1 Å². The van der Waals surface area contributed by atoms with Crippen LogP contribution in [0.2, 0.25) is 5.02 Å². The Morgan fingerprint density at radius 1 is 1.11 bits per heavy atom. The molecule has 1 N–H and O–H groups in total. The number of benzene rings is 2. The second-order valence-corrected chi connectivity index (χ2v) is 6.57. The normalized spacial score (nSPS) is 10.4. The summed E-state index contributed by atoms with van der Waals surface area (Å²) < 4.78 is 13.6. The number of nitrogens with zero attached hydrogens (tertiary/aromatic N) is 2. The van der Waals surface area contributed by atoms with Gasteiger partial charge in [0.2, 0.25) is 0 Å². The van der Waals surface area contributed by atoms with Crippen LogP contribution in [-0.4, -0.2) is 23.2 Å². The van der Waals surface area contributed by atoms with Crippen LogP contribution >= 0.6 is 24.0 Å². The van der Waals surface area contributed by atoms with E-state index in [0.29, 0.717) is 18.2 Å². The lowest BCUT2D eigenvalue weighted by Gasteiger charge is -2.16. The molecule has 0 aliphatic rings. The summed E-state index contributed by atoms with van der Waals surface area (Å²) >= 11 is 6.23. The zero-order valence-corrected chi connectivity index (χ0v) is 17.4. The SMILES string of the molecule is COc1cccc(CNCCCn2ccnc2)c1OCc1ccccc1Cl.Cl. The molecule has 1 heterocycles. The summed E-state index contributed by atoms with van der Waals surface area (Å²) in [5.41, 5.74) is 2.01. The first-order valence-corrected chi connectivity index (χ1v) is 9.34. The molecule has 0 aliphatic carbocycles. The van der Waals surface area contributed by atoms with Gasteiger partial charge in [-0.2, -0.15) is 0 Å². The van der Waals surface area contributed by atoms with Crippen LogP contribution in [0.15, 0.2) is 61.2 Å². The fraction of sp³-hybridized carbons (Fsp3) is 0.286. The van der Waals surface area contributed by atoms with Crippen molar-refractivity contribution < 1.29 is 9.47 Å². The van der Waals surface area contributed by atoms with Crippen molar-refractivity contribution in [2.75, 3.05) is 13.7 Å². The Morgan fingerprint density at radius 3 is 2.68 bits per heavy atom. The van der Waals surface area contributed by atoms with Crippen LogP contribution in [0.3, 0.4) is 0 Å². The molecule has 0 bridgehead atoms. The van der Waals surface area contributed by atoms with E-state index in [9.17, 15) is 0 Å². The summed E-state index contributed by atoms with van der Waals surface area (Å²) in [6, 6.07) is 13.6. The summed E-state index contributed by atoms with van der Waals surface area (Å²) in [5.74, 6) is 1.47. The van der Waals surface area contributed by atoms with Crippen LogP contribution in [-0.2, 0) is 19.7 Å². The number of para-hydroxylation sites is 1. The van der Waals surface area contributed by atoms with E-state index in [-0.39, 0.29) is 12.4 Å². The molecular weight excluding hydrogens is 397 g/mol. The third kappa shape index (κ3) is 6.16. The molecule has 0 radical (unpaired) electrons. The average molecular weight is 422 g/mol. The van der Waals surface area contributed by atoms with Crippen LogP contribution in [0.1, 0.15) is 17.5 Å². The molecule has 0 unspecified atom stereocenters. The van der Waals surface area contributed by atoms with Crippen LogP contribution in [0.4, 0.5) is 0 Å². The highest BCUT2D eigenvalue weighted by Gasteiger charge is 2.11. The molecule has 0 aliphatic heterocycles. The number of hydrogen-bond donors (Lipinski definition) is 1. The molecule has 7 heteroatoms. The topological polar surface area (TPSA) is 48.3 Å². The number of imidazole rings is 1. The maximum atomic E-state index is 6.23. The number of nitrogens with one attached hydrogen (secondary N) is 1. The number of halogens is 2. The fourth-order valence-electron chi connectivity index (χ4n) is 2.82. The molecule has 0 saturated heterocycles. The third-order valence-electron chi connectivity index (χ3n) is 4.25. The highest BCUT2D eigenvalue weighted by molar-refractivity contribution is 6.31. The number of hydrogen-bond acceptors (Lipinski definition) is 4. The lowest BCUT2D eigenvalue weighted by atomic mass is 10.1. The van der Waals surface area contributed by atoms with E-state index in [2.05, 4.69) is 14.9 Å². The van der Waals surface area contributed by atoms with E-state index in [1.165, 1.54) is 0 Å². The van der Waals surface area contributed by atoms with Gasteiger partial charge in [-0.15, -0.1) is 12.4 Å². The minimum absolute atomic E-state index is 0. The molecule has 3 rings (SSSR count). The largest absolute Gasteiger partial charge is 0.493 e. The fourth-order valence-corrected chi connectivity index (χ4v) is 3.01. The molecule has 5 nitrogen and oxygen atoms in total. The van der Waals surface area contributed by atoms with Crippen molar-refractivity contribution in [2.45, 2.75) is 26.1 Å². The van der Waals surface area contributed by atoms with Crippen molar-refractivity contribution in [3.05, 3.63) is 77.3 Å². The predicted octanol–water partition coefficient (Wildman–Crippen LogP) is 4.73. The van der Waals surface area contributed by atoms with Crippen LogP contribution in [0, 0.1) is 0 Å². The first-order chi connectivity index (χ1) is 13.3. The van der Waals surface area contributed by atoms with Gasteiger partial charge in [0.25, 0.3) is 0 Å². The van der Waals surface area contributed by atoms with Gasteiger partial charge in [-0.1, -0.05) is 41.9 Å². The molecule has 0 spiro atoms. The van der Waals surface area contributed by atoms with Crippen molar-refractivity contribution in [1.82, 2.24) is 14.9 Å². The van der Waals surface area contributed by atoms with Crippen molar-refractivity contribution in [2.24, 2.45) is 0 Å². The Bertz CT molecular complexity index is 841. The summed E-state index contributed by atoms with van der Waals surface area (Å²) in [4.78, 5) is 4.05. The highest BCUT2D eigenvalue weighted by atomic mass is 35.5. The number of aryl methyl sites for hydroxylation is 1. The van der Waals surface area contributed by atoms with Gasteiger partial charge in [0.15, 0.2) is 11.5 Å². The lowest BCUT2D eigenvalue weighted by molar-refractivity contribution is 0.280. The zero-order valence-electron chi connectivity index (χ0n) is 15.8. The average Bonchev–Trinajstić information content (AvgIpc) is 3.21. The molecule has 2 aromatic carbocycles. The Morgan fingerprint density at radius 2 is 1.93 bits per heavy atom. The van der Waals surface area contributed by atoms with Gasteiger partial charge in [-0.05, 0) is 25.1 Å². The van der Waals surface area contributed by atoms with Crippen LogP contribution in [0.25, 0.3) is 0 Å². The van der Waals surface area contributed by atoms with E-state index >= 15 is 0 Å². The molecule has 0 atom stereocenters. The van der Waals surface area contributed by atoms with Gasteiger partial charge < -0.3 is 19.4 Å². The van der Waals surface area contributed by atoms with Gasteiger partial charge in [0.05, 0.1) is 13.4 Å². The third-order valence-corrected chi connectivity index (χ3v) is 4.62. The molecule has 1 aromatic heterocycles. The van der Waals surface area contributed by atoms with Crippen molar-refractivity contribution in [3.63, 3.8) is 0 Å². The Labute approximate surface area is 177 Å². The van der Waals surface area contributed by atoms with Gasteiger partial charge in [-0.3, -0.25) is 0 Å². The van der Waals surface area contributed by atoms with E-state index < -0.39 is 0 Å². The van der Waals surface area contributed by atoms with Gasteiger partial charge in [0, 0.05) is 41.6 Å². The summed E-state index contributed by atoms with van der Waals surface area (Å²) in [6.07, 6.45) is 6.63. The predicted molar refractivity (Wildman–Crippen MR) is 115 cm³/mol. The van der Waals surface area contributed by atoms with E-state index in [1.54, 1.807) is 13.3 Å². The van der Waals surface area contributed by atoms with E-state index in [1.807, 2.05) is 55.0 Å². The Balaban J connectivity index is 0.00000280. The molecule has 0 amide bonds. The van der Waals surface area contributed by atoms with Gasteiger partial charge >= 0.3 is 0 Å². The number of rotatable bonds is 10. The minimum Gasteiger partial charge on any atom is -0.493 e. The lowest BCUT2D eigenvalue weighted by Crippen LogP contribution is -2.17. The molecule has 150 valence electrons. The molecule has 3 aromatic rings. The van der Waals surface area contributed by atoms with Gasteiger partial charge in [0.1, 0.15) is 6.61 Å². The van der Waals surface area contributed by atoms with Crippen molar-refractivity contribution in [3.8, 4) is 11.5 Å². The maximum Gasteiger partial charge on any atom is 0.166 e. The molecule has 0 saturated carbocycles. The summed E-state index contributed by atoms with van der Waals surface area (Å²) in [7, 11) is 1.65. The Hall–Kier alpha value is -2.21. The molecule has 28 heavy (non-hydrogen) atoms. The van der Waals surface area contributed by atoms with E-state index in [4.69, 9.17) is 21.1 Å². The Kier molecular flexibility index (Phi) is 9.14. The first kappa shape index (κ1) is 22.1. The zero-order chi connectivity index (χ0) is 18.9. The monoisotopic (exact) mass is 421 g/mol. The highest BCUT2D eigenvalue weighted by Crippen LogP contribution is 2.32. The minimum atomic E-state index is 0. The quantitative estimate of drug-likeness (QED) is 0.480. The summed E-state index contributed by atoms with van der Waals surface area (Å²) in [5, 5.41) is 4.17. The van der Waals surface area contributed by atoms with Crippen molar-refractivity contribution in [1.29, 1.82) is 0 Å². The standard InChI is InChI=1S/C21H24ClN3O2.ClH/c1-26-20-9-4-7-17(14-23-10-5-12-25-13-11-24-16-25)21(20)27-15-18-6-2-3-8-19(18)22;/h2-4,6-9,11,13,16,23H,5,10,12,14-15H2,1H3;1H. The second kappa shape index (κ2) is 11.6. The van der Waals surface area contributed by atoms with Crippen molar-refractivity contribution >= 4 is 24.0 Å². The number of methoxy groups -OCH3 is 1. The molecular formula is C21H25Cl2N3O2. The van der Waals surface area contributed by atoms with Gasteiger partial charge in [-0.25, -0.2) is 4.98 Å². The second-order valence-electron chi connectivity index (χ2n) is 6.16. The number of ether oxygens (including phenoxy) is 2. The maximum absolute atomic E-state index is 6.23. The summed E-state index contributed by atoms with van der Waals surface area (Å²) in [6.45, 7) is 2.95. The van der Waals surface area contributed by atoms with Crippen LogP contribution in [0.5, 0.6) is 11.5 Å². The molecule has 0 fully saturated rings. The van der Waals surface area contributed by atoms with Crippen LogP contribution < -0.4 is 14.8 Å².